The number of aromatic nitrogens is 2. The molecule has 0 aliphatic heterocycles. The van der Waals surface area contributed by atoms with Gasteiger partial charge in [-0.15, -0.1) is 0 Å². The summed E-state index contributed by atoms with van der Waals surface area (Å²) in [7, 11) is 0.683. The highest BCUT2D eigenvalue weighted by molar-refractivity contribution is 9.10. The van der Waals surface area contributed by atoms with Crippen LogP contribution in [0.15, 0.2) is 16.9 Å². The number of hydrogen-bond donors (Lipinski definition) is 0. The predicted molar refractivity (Wildman–Crippen MR) is 43.6 cm³/mol. The Bertz CT molecular complexity index is 187. The SMILES string of the molecule is CPc1ncc(Br)cn1. The molecule has 1 heterocycles. The van der Waals surface area contributed by atoms with Crippen LogP contribution in [0.4, 0.5) is 0 Å². The molecule has 0 aliphatic rings. The van der Waals surface area contributed by atoms with Crippen LogP contribution < -0.4 is 5.57 Å². The third-order valence-corrected chi connectivity index (χ3v) is 1.96. The van der Waals surface area contributed by atoms with Gasteiger partial charge in [0.1, 0.15) is 5.57 Å². The fourth-order valence-electron chi connectivity index (χ4n) is 0.441. The van der Waals surface area contributed by atoms with Crippen molar-refractivity contribution in [3.05, 3.63) is 16.9 Å². The summed E-state index contributed by atoms with van der Waals surface area (Å²) in [6.45, 7) is 2.06. The highest BCUT2D eigenvalue weighted by Gasteiger charge is 1.89. The molecular weight excluding hydrogens is 199 g/mol. The summed E-state index contributed by atoms with van der Waals surface area (Å²) in [4.78, 5) is 8.10. The first-order chi connectivity index (χ1) is 4.33. The molecule has 0 aromatic carbocycles. The minimum absolute atomic E-state index is 0.683. The van der Waals surface area contributed by atoms with Crippen LogP contribution in [-0.4, -0.2) is 16.6 Å². The summed E-state index contributed by atoms with van der Waals surface area (Å²) < 4.78 is 0.935. The van der Waals surface area contributed by atoms with E-state index >= 15 is 0 Å². The molecular formula is C5H6BrN2P. The lowest BCUT2D eigenvalue weighted by molar-refractivity contribution is 1.22. The highest BCUT2D eigenvalue weighted by atomic mass is 79.9. The van der Waals surface area contributed by atoms with Gasteiger partial charge in [0.15, 0.2) is 0 Å². The molecule has 0 aliphatic carbocycles. The number of halogens is 1. The van der Waals surface area contributed by atoms with Crippen LogP contribution in [-0.2, 0) is 0 Å². The van der Waals surface area contributed by atoms with Crippen molar-refractivity contribution in [3.8, 4) is 0 Å². The molecule has 0 N–H and O–H groups in total. The Balaban J connectivity index is 2.88. The van der Waals surface area contributed by atoms with Gasteiger partial charge in [-0.1, -0.05) is 8.58 Å². The predicted octanol–water partition coefficient (Wildman–Crippen LogP) is 1.17. The van der Waals surface area contributed by atoms with E-state index < -0.39 is 0 Å². The van der Waals surface area contributed by atoms with Gasteiger partial charge in [-0.2, -0.15) is 0 Å². The second-order valence-electron chi connectivity index (χ2n) is 1.47. The quantitative estimate of drug-likeness (QED) is 0.643. The average Bonchev–Trinajstić information content (AvgIpc) is 1.90. The number of nitrogens with zero attached hydrogens (tertiary/aromatic N) is 2. The van der Waals surface area contributed by atoms with Gasteiger partial charge >= 0.3 is 0 Å². The van der Waals surface area contributed by atoms with Crippen molar-refractivity contribution < 1.29 is 0 Å². The van der Waals surface area contributed by atoms with Crippen LogP contribution in [0.25, 0.3) is 0 Å². The minimum atomic E-state index is 0.683. The van der Waals surface area contributed by atoms with E-state index in [0.717, 1.165) is 10.0 Å². The number of hydrogen-bond acceptors (Lipinski definition) is 2. The van der Waals surface area contributed by atoms with E-state index in [1.54, 1.807) is 12.4 Å². The lowest BCUT2D eigenvalue weighted by atomic mass is 10.7. The summed E-state index contributed by atoms with van der Waals surface area (Å²) in [5, 5.41) is 0. The smallest absolute Gasteiger partial charge is 0.147 e. The monoisotopic (exact) mass is 204 g/mol. The van der Waals surface area contributed by atoms with Crippen LogP contribution in [0.5, 0.6) is 0 Å². The van der Waals surface area contributed by atoms with Gasteiger partial charge in [0.25, 0.3) is 0 Å². The molecule has 2 nitrogen and oxygen atoms in total. The topological polar surface area (TPSA) is 25.8 Å². The average molecular weight is 205 g/mol. The maximum absolute atomic E-state index is 4.05. The molecule has 0 radical (unpaired) electrons. The molecule has 0 spiro atoms. The van der Waals surface area contributed by atoms with Crippen LogP contribution in [0.1, 0.15) is 0 Å². The molecule has 9 heavy (non-hydrogen) atoms. The van der Waals surface area contributed by atoms with Gasteiger partial charge < -0.3 is 0 Å². The third kappa shape index (κ3) is 1.99. The summed E-state index contributed by atoms with van der Waals surface area (Å²) in [6.07, 6.45) is 3.53. The molecule has 1 aromatic heterocycles. The van der Waals surface area contributed by atoms with E-state index in [-0.39, 0.29) is 0 Å². The molecule has 1 rings (SSSR count). The maximum Gasteiger partial charge on any atom is 0.147 e. The van der Waals surface area contributed by atoms with Crippen molar-refractivity contribution in [2.75, 3.05) is 6.66 Å². The first-order valence-electron chi connectivity index (χ1n) is 2.48. The van der Waals surface area contributed by atoms with Gasteiger partial charge in [0.2, 0.25) is 0 Å². The molecule has 4 heteroatoms. The molecule has 1 aromatic rings. The van der Waals surface area contributed by atoms with Gasteiger partial charge in [0, 0.05) is 12.4 Å². The molecule has 0 saturated carbocycles. The van der Waals surface area contributed by atoms with Gasteiger partial charge in [0.05, 0.1) is 4.47 Å². The Morgan fingerprint density at radius 3 is 2.44 bits per heavy atom. The molecule has 0 bridgehead atoms. The second-order valence-corrected chi connectivity index (χ2v) is 3.34. The zero-order valence-corrected chi connectivity index (χ0v) is 7.51. The van der Waals surface area contributed by atoms with E-state index in [0.29, 0.717) is 8.58 Å². The molecule has 1 unspecified atom stereocenters. The van der Waals surface area contributed by atoms with Crippen molar-refractivity contribution in [1.82, 2.24) is 9.97 Å². The Hall–Kier alpha value is -0.0100. The Morgan fingerprint density at radius 1 is 1.44 bits per heavy atom. The molecule has 1 atom stereocenters. The van der Waals surface area contributed by atoms with E-state index in [1.165, 1.54) is 0 Å². The van der Waals surface area contributed by atoms with Gasteiger partial charge in [-0.25, -0.2) is 9.97 Å². The first kappa shape index (κ1) is 7.10. The van der Waals surface area contributed by atoms with E-state index in [4.69, 9.17) is 0 Å². The standard InChI is InChI=1S/C5H6BrN2P/c1-9-5-7-2-4(6)3-8-5/h2-3,9H,1H3. The molecule has 0 amide bonds. The van der Waals surface area contributed by atoms with Crippen LogP contribution in [0.2, 0.25) is 0 Å². The van der Waals surface area contributed by atoms with Crippen LogP contribution in [0, 0.1) is 0 Å². The summed E-state index contributed by atoms with van der Waals surface area (Å²) in [6, 6.07) is 0. The Kier molecular flexibility index (Phi) is 2.55. The Morgan fingerprint density at radius 2 is 2.00 bits per heavy atom. The van der Waals surface area contributed by atoms with E-state index in [1.807, 2.05) is 0 Å². The normalized spacial score (nSPS) is 10.9. The highest BCUT2D eigenvalue weighted by Crippen LogP contribution is 2.04. The fraction of sp³-hybridized carbons (Fsp3) is 0.200. The first-order valence-corrected chi connectivity index (χ1v) is 4.77. The van der Waals surface area contributed by atoms with E-state index in [2.05, 4.69) is 32.6 Å². The van der Waals surface area contributed by atoms with Crippen molar-refractivity contribution in [2.45, 2.75) is 0 Å². The van der Waals surface area contributed by atoms with Crippen molar-refractivity contribution in [2.24, 2.45) is 0 Å². The van der Waals surface area contributed by atoms with E-state index in [9.17, 15) is 0 Å². The lowest BCUT2D eigenvalue weighted by Crippen LogP contribution is -2.03. The summed E-state index contributed by atoms with van der Waals surface area (Å²) >= 11 is 3.25. The summed E-state index contributed by atoms with van der Waals surface area (Å²) in [5.74, 6) is 0. The zero-order chi connectivity index (χ0) is 6.69. The summed E-state index contributed by atoms with van der Waals surface area (Å²) in [5.41, 5.74) is 0.915. The number of rotatable bonds is 1. The van der Waals surface area contributed by atoms with Crippen molar-refractivity contribution >= 4 is 30.1 Å². The second kappa shape index (κ2) is 3.23. The third-order valence-electron chi connectivity index (χ3n) is 0.844. The van der Waals surface area contributed by atoms with Crippen molar-refractivity contribution in [1.29, 1.82) is 0 Å². The largest absolute Gasteiger partial charge is 0.236 e. The lowest BCUT2D eigenvalue weighted by Gasteiger charge is -1.91. The molecule has 48 valence electrons. The van der Waals surface area contributed by atoms with Gasteiger partial charge in [-0.3, -0.25) is 0 Å². The Labute approximate surface area is 64.0 Å². The van der Waals surface area contributed by atoms with Crippen LogP contribution >= 0.6 is 24.5 Å². The zero-order valence-electron chi connectivity index (χ0n) is 4.93. The maximum atomic E-state index is 4.05. The van der Waals surface area contributed by atoms with Crippen molar-refractivity contribution in [3.63, 3.8) is 0 Å². The molecule has 0 fully saturated rings. The van der Waals surface area contributed by atoms with Crippen LogP contribution in [0.3, 0.4) is 0 Å². The molecule has 0 saturated heterocycles. The van der Waals surface area contributed by atoms with Gasteiger partial charge in [-0.05, 0) is 22.6 Å². The minimum Gasteiger partial charge on any atom is -0.236 e. The fourth-order valence-corrected chi connectivity index (χ4v) is 1.03.